The van der Waals surface area contributed by atoms with Crippen LogP contribution in [0, 0.1) is 17.8 Å². The van der Waals surface area contributed by atoms with E-state index >= 15 is 0 Å². The van der Waals surface area contributed by atoms with Gasteiger partial charge in [-0.1, -0.05) is 6.42 Å². The predicted molar refractivity (Wildman–Crippen MR) is 74.7 cm³/mol. The van der Waals surface area contributed by atoms with Gasteiger partial charge >= 0.3 is 12.1 Å². The van der Waals surface area contributed by atoms with Crippen LogP contribution in [-0.2, 0) is 9.59 Å². The lowest BCUT2D eigenvalue weighted by Crippen LogP contribution is -2.39. The lowest BCUT2D eigenvalue weighted by atomic mass is 9.85. The molecule has 9 heteroatoms. The van der Waals surface area contributed by atoms with Crippen molar-refractivity contribution < 1.29 is 27.9 Å². The van der Waals surface area contributed by atoms with Gasteiger partial charge in [-0.15, -0.1) is 12.4 Å². The lowest BCUT2D eigenvalue weighted by Gasteiger charge is -2.26. The highest BCUT2D eigenvalue weighted by Crippen LogP contribution is 2.37. The van der Waals surface area contributed by atoms with Crippen molar-refractivity contribution in [1.29, 1.82) is 0 Å². The van der Waals surface area contributed by atoms with Gasteiger partial charge in [0.2, 0.25) is 5.91 Å². The van der Waals surface area contributed by atoms with Crippen LogP contribution in [-0.4, -0.2) is 54.2 Å². The molecule has 2 atom stereocenters. The number of aliphatic carboxylic acids is 1. The van der Waals surface area contributed by atoms with E-state index in [1.165, 1.54) is 4.90 Å². The van der Waals surface area contributed by atoms with Gasteiger partial charge < -0.3 is 10.4 Å². The zero-order valence-electron chi connectivity index (χ0n) is 11.9. The highest BCUT2D eigenvalue weighted by atomic mass is 35.5. The van der Waals surface area contributed by atoms with E-state index in [4.69, 9.17) is 5.11 Å². The maximum atomic E-state index is 12.8. The molecule has 2 aliphatic rings. The van der Waals surface area contributed by atoms with Crippen LogP contribution in [0.1, 0.15) is 19.3 Å². The number of carboxylic acid groups (broad SMARTS) is 1. The van der Waals surface area contributed by atoms with Crippen molar-refractivity contribution in [2.75, 3.05) is 26.2 Å². The van der Waals surface area contributed by atoms with Crippen molar-refractivity contribution >= 4 is 24.3 Å². The minimum absolute atomic E-state index is 0. The van der Waals surface area contributed by atoms with Gasteiger partial charge in [0.15, 0.2) is 0 Å². The van der Waals surface area contributed by atoms with Crippen molar-refractivity contribution in [2.45, 2.75) is 25.4 Å². The van der Waals surface area contributed by atoms with Gasteiger partial charge in [0.25, 0.3) is 0 Å². The van der Waals surface area contributed by atoms with E-state index in [0.717, 1.165) is 19.3 Å². The van der Waals surface area contributed by atoms with Crippen molar-refractivity contribution in [3.63, 3.8) is 0 Å². The number of nitrogens with one attached hydrogen (secondary N) is 1. The van der Waals surface area contributed by atoms with Gasteiger partial charge in [-0.05, 0) is 18.8 Å². The summed E-state index contributed by atoms with van der Waals surface area (Å²) in [6, 6.07) is 0. The number of carbonyl (C=O) groups excluding carboxylic acids is 1. The van der Waals surface area contributed by atoms with E-state index in [-0.39, 0.29) is 31.4 Å². The summed E-state index contributed by atoms with van der Waals surface area (Å²) in [5, 5.41) is 11.6. The molecule has 5 nitrogen and oxygen atoms in total. The van der Waals surface area contributed by atoms with Crippen molar-refractivity contribution in [3.05, 3.63) is 0 Å². The number of hydrogen-bond donors (Lipinski definition) is 2. The van der Waals surface area contributed by atoms with Gasteiger partial charge in [-0.2, -0.15) is 13.2 Å². The van der Waals surface area contributed by atoms with Gasteiger partial charge in [0, 0.05) is 19.6 Å². The Balaban J connectivity index is 0.00000242. The summed E-state index contributed by atoms with van der Waals surface area (Å²) in [7, 11) is 0. The minimum atomic E-state index is -4.56. The lowest BCUT2D eigenvalue weighted by molar-refractivity contribution is -0.188. The highest BCUT2D eigenvalue weighted by molar-refractivity contribution is 5.85. The van der Waals surface area contributed by atoms with E-state index in [1.54, 1.807) is 0 Å². The van der Waals surface area contributed by atoms with Crippen LogP contribution in [0.25, 0.3) is 0 Å². The summed E-state index contributed by atoms with van der Waals surface area (Å²) in [5.41, 5.74) is 0. The predicted octanol–water partition coefficient (Wildman–Crippen LogP) is 1.52. The summed E-state index contributed by atoms with van der Waals surface area (Å²) < 4.78 is 38.4. The number of halogens is 4. The molecule has 0 aromatic heterocycles. The Labute approximate surface area is 132 Å². The van der Waals surface area contributed by atoms with Crippen LogP contribution >= 0.6 is 12.4 Å². The molecule has 0 spiro atoms. The summed E-state index contributed by atoms with van der Waals surface area (Å²) in [6.45, 7) is -0.297. The molecule has 0 aromatic carbocycles. The first-order valence-electron chi connectivity index (χ1n) is 7.06. The molecular formula is C13H20ClF3N2O3. The first kappa shape index (κ1) is 19.0. The molecule has 0 aromatic rings. The maximum Gasteiger partial charge on any atom is 0.393 e. The molecule has 22 heavy (non-hydrogen) atoms. The largest absolute Gasteiger partial charge is 0.481 e. The molecule has 1 saturated carbocycles. The quantitative estimate of drug-likeness (QED) is 0.793. The number of carboxylic acids is 1. The van der Waals surface area contributed by atoms with Crippen LogP contribution in [0.15, 0.2) is 0 Å². The van der Waals surface area contributed by atoms with E-state index in [9.17, 15) is 22.8 Å². The van der Waals surface area contributed by atoms with Crippen molar-refractivity contribution in [3.8, 4) is 0 Å². The number of alkyl halides is 3. The second-order valence-corrected chi connectivity index (χ2v) is 5.89. The first-order valence-corrected chi connectivity index (χ1v) is 7.06. The molecule has 1 aliphatic heterocycles. The van der Waals surface area contributed by atoms with E-state index in [0.29, 0.717) is 12.5 Å². The molecule has 0 radical (unpaired) electrons. The third kappa shape index (κ3) is 4.74. The molecule has 128 valence electrons. The third-order valence-electron chi connectivity index (χ3n) is 4.31. The zero-order chi connectivity index (χ0) is 15.6. The number of nitrogens with zero attached hydrogens (tertiary/aromatic N) is 1. The van der Waals surface area contributed by atoms with Crippen molar-refractivity contribution in [2.24, 2.45) is 17.8 Å². The third-order valence-corrected chi connectivity index (χ3v) is 4.31. The molecule has 1 amide bonds. The van der Waals surface area contributed by atoms with Gasteiger partial charge in [-0.3, -0.25) is 14.5 Å². The molecule has 2 rings (SSSR count). The minimum Gasteiger partial charge on any atom is -0.481 e. The number of rotatable bonds is 5. The average Bonchev–Trinajstić information content (AvgIpc) is 2.70. The summed E-state index contributed by atoms with van der Waals surface area (Å²) in [4.78, 5) is 23.9. The average molecular weight is 345 g/mol. The van der Waals surface area contributed by atoms with Crippen LogP contribution < -0.4 is 5.32 Å². The van der Waals surface area contributed by atoms with Crippen molar-refractivity contribution in [1.82, 2.24) is 10.2 Å². The molecule has 0 unspecified atom stereocenters. The van der Waals surface area contributed by atoms with E-state index in [1.807, 2.05) is 0 Å². The Kier molecular flexibility index (Phi) is 6.49. The maximum absolute atomic E-state index is 12.8. The van der Waals surface area contributed by atoms with Crippen LogP contribution in [0.2, 0.25) is 0 Å². The fourth-order valence-electron chi connectivity index (χ4n) is 2.81. The topological polar surface area (TPSA) is 69.6 Å². The van der Waals surface area contributed by atoms with Gasteiger partial charge in [-0.25, -0.2) is 0 Å². The SMILES string of the molecule is Cl.O=C(CN1C[C@@H](C(F)(F)F)[C@H](C(=O)O)C1)NCC1CCC1. The molecular weight excluding hydrogens is 325 g/mol. The monoisotopic (exact) mass is 344 g/mol. The molecule has 1 aliphatic carbocycles. The Morgan fingerprint density at radius 2 is 1.86 bits per heavy atom. The summed E-state index contributed by atoms with van der Waals surface area (Å²) >= 11 is 0. The summed E-state index contributed by atoms with van der Waals surface area (Å²) in [6.07, 6.45) is -1.26. The normalized spacial score (nSPS) is 26.1. The fraction of sp³-hybridized carbons (Fsp3) is 0.846. The fourth-order valence-corrected chi connectivity index (χ4v) is 2.81. The molecule has 2 fully saturated rings. The number of amides is 1. The van der Waals surface area contributed by atoms with Gasteiger partial charge in [0.1, 0.15) is 0 Å². The Bertz CT molecular complexity index is 416. The zero-order valence-corrected chi connectivity index (χ0v) is 12.8. The van der Waals surface area contributed by atoms with Crippen LogP contribution in [0.3, 0.4) is 0 Å². The van der Waals surface area contributed by atoms with Gasteiger partial charge in [0.05, 0.1) is 18.4 Å². The molecule has 2 N–H and O–H groups in total. The Morgan fingerprint density at radius 1 is 1.23 bits per heavy atom. The number of likely N-dealkylation sites (tertiary alicyclic amines) is 1. The Hall–Kier alpha value is -1.02. The first-order chi connectivity index (χ1) is 9.77. The van der Waals surface area contributed by atoms with E-state index < -0.39 is 30.5 Å². The number of carbonyl (C=O) groups is 2. The second kappa shape index (κ2) is 7.50. The van der Waals surface area contributed by atoms with Crippen LogP contribution in [0.5, 0.6) is 0 Å². The van der Waals surface area contributed by atoms with E-state index in [2.05, 4.69) is 5.32 Å². The Morgan fingerprint density at radius 3 is 2.27 bits per heavy atom. The molecule has 0 bridgehead atoms. The molecule has 1 heterocycles. The molecule has 1 saturated heterocycles. The standard InChI is InChI=1S/C13H19F3N2O3.ClH/c14-13(15,16)10-6-18(5-9(10)12(20)21)7-11(19)17-4-8-2-1-3-8;/h8-10H,1-7H2,(H,17,19)(H,20,21);1H/t9-,10-;/m1./s1. The smallest absolute Gasteiger partial charge is 0.393 e. The van der Waals surface area contributed by atoms with Crippen LogP contribution in [0.4, 0.5) is 13.2 Å². The summed E-state index contributed by atoms with van der Waals surface area (Å²) in [5.74, 6) is -4.73. The highest BCUT2D eigenvalue weighted by Gasteiger charge is 2.52. The second-order valence-electron chi connectivity index (χ2n) is 5.89. The number of hydrogen-bond acceptors (Lipinski definition) is 3.